The lowest BCUT2D eigenvalue weighted by Gasteiger charge is -2.18. The number of imidazole rings is 1. The molecule has 0 radical (unpaired) electrons. The number of aryl methyl sites for hydroxylation is 1. The lowest BCUT2D eigenvalue weighted by Crippen LogP contribution is -2.11. The van der Waals surface area contributed by atoms with Gasteiger partial charge in [-0.3, -0.25) is 0 Å². The van der Waals surface area contributed by atoms with Gasteiger partial charge in [0.1, 0.15) is 5.82 Å². The van der Waals surface area contributed by atoms with Crippen molar-refractivity contribution in [2.24, 2.45) is 0 Å². The molecule has 3 nitrogen and oxygen atoms in total. The lowest BCUT2D eigenvalue weighted by molar-refractivity contribution is 0.618. The fourth-order valence-electron chi connectivity index (χ4n) is 2.71. The SMILES string of the molecule is Cc1ccccc1C(C)n1c(N)nc2cc(Br)c(F)cc21. The first kappa shape index (κ1) is 14.1. The molecule has 1 atom stereocenters. The van der Waals surface area contributed by atoms with Crippen molar-refractivity contribution in [3.63, 3.8) is 0 Å². The van der Waals surface area contributed by atoms with E-state index in [-0.39, 0.29) is 11.9 Å². The van der Waals surface area contributed by atoms with Crippen molar-refractivity contribution in [2.75, 3.05) is 5.73 Å². The van der Waals surface area contributed by atoms with Crippen LogP contribution in [0.2, 0.25) is 0 Å². The summed E-state index contributed by atoms with van der Waals surface area (Å²) in [6, 6.07) is 11.2. The van der Waals surface area contributed by atoms with E-state index in [1.54, 1.807) is 6.07 Å². The van der Waals surface area contributed by atoms with Crippen LogP contribution in [0.3, 0.4) is 0 Å². The number of hydrogen-bond acceptors (Lipinski definition) is 2. The Bertz CT molecular complexity index is 826. The quantitative estimate of drug-likeness (QED) is 0.744. The van der Waals surface area contributed by atoms with Gasteiger partial charge >= 0.3 is 0 Å². The third kappa shape index (κ3) is 2.31. The van der Waals surface area contributed by atoms with Crippen LogP contribution in [-0.2, 0) is 0 Å². The largest absolute Gasteiger partial charge is 0.369 e. The molecule has 3 aromatic rings. The van der Waals surface area contributed by atoms with E-state index in [0.717, 1.165) is 5.56 Å². The summed E-state index contributed by atoms with van der Waals surface area (Å²) in [6.45, 7) is 4.10. The van der Waals surface area contributed by atoms with Gasteiger partial charge in [-0.05, 0) is 47.0 Å². The highest BCUT2D eigenvalue weighted by atomic mass is 79.9. The zero-order chi connectivity index (χ0) is 15.1. The lowest BCUT2D eigenvalue weighted by atomic mass is 10.0. The van der Waals surface area contributed by atoms with Gasteiger partial charge in [-0.1, -0.05) is 24.3 Å². The first-order valence-electron chi connectivity index (χ1n) is 6.67. The Hall–Kier alpha value is -1.88. The number of nitrogen functional groups attached to an aromatic ring is 1. The van der Waals surface area contributed by atoms with E-state index in [9.17, 15) is 4.39 Å². The van der Waals surface area contributed by atoms with Crippen molar-refractivity contribution in [1.29, 1.82) is 0 Å². The topological polar surface area (TPSA) is 43.8 Å². The van der Waals surface area contributed by atoms with Crippen molar-refractivity contribution < 1.29 is 4.39 Å². The highest BCUT2D eigenvalue weighted by Gasteiger charge is 2.18. The molecule has 0 bridgehead atoms. The van der Waals surface area contributed by atoms with Crippen LogP contribution in [-0.4, -0.2) is 9.55 Å². The third-order valence-electron chi connectivity index (χ3n) is 3.78. The Kier molecular flexibility index (Phi) is 3.45. The smallest absolute Gasteiger partial charge is 0.201 e. The van der Waals surface area contributed by atoms with Crippen molar-refractivity contribution in [2.45, 2.75) is 19.9 Å². The summed E-state index contributed by atoms with van der Waals surface area (Å²) in [4.78, 5) is 4.34. The van der Waals surface area contributed by atoms with Crippen LogP contribution in [0, 0.1) is 12.7 Å². The van der Waals surface area contributed by atoms with Crippen LogP contribution in [0.25, 0.3) is 11.0 Å². The minimum Gasteiger partial charge on any atom is -0.369 e. The monoisotopic (exact) mass is 347 g/mol. The van der Waals surface area contributed by atoms with Crippen LogP contribution in [0.4, 0.5) is 10.3 Å². The molecule has 0 saturated heterocycles. The number of benzene rings is 2. The average Bonchev–Trinajstić information content (AvgIpc) is 2.74. The molecular weight excluding hydrogens is 333 g/mol. The molecule has 2 N–H and O–H groups in total. The van der Waals surface area contributed by atoms with E-state index in [2.05, 4.69) is 40.0 Å². The molecule has 21 heavy (non-hydrogen) atoms. The number of hydrogen-bond donors (Lipinski definition) is 1. The molecule has 108 valence electrons. The Morgan fingerprint density at radius 1 is 1.29 bits per heavy atom. The number of fused-ring (bicyclic) bond motifs is 1. The molecule has 0 aliphatic heterocycles. The molecule has 0 saturated carbocycles. The summed E-state index contributed by atoms with van der Waals surface area (Å²) in [5.74, 6) is 0.0684. The van der Waals surface area contributed by atoms with Gasteiger partial charge in [0.2, 0.25) is 5.95 Å². The van der Waals surface area contributed by atoms with E-state index in [0.29, 0.717) is 21.5 Å². The van der Waals surface area contributed by atoms with Gasteiger partial charge in [0.05, 0.1) is 21.5 Å². The predicted octanol–water partition coefficient (Wildman–Crippen LogP) is 4.44. The number of nitrogens with two attached hydrogens (primary N) is 1. The maximum Gasteiger partial charge on any atom is 0.201 e. The summed E-state index contributed by atoms with van der Waals surface area (Å²) in [6.07, 6.45) is 0. The molecule has 5 heteroatoms. The highest BCUT2D eigenvalue weighted by Crippen LogP contribution is 2.31. The van der Waals surface area contributed by atoms with E-state index in [4.69, 9.17) is 5.73 Å². The van der Waals surface area contributed by atoms with Gasteiger partial charge in [0.15, 0.2) is 0 Å². The molecule has 1 aromatic heterocycles. The summed E-state index contributed by atoms with van der Waals surface area (Å²) < 4.78 is 16.1. The number of aromatic nitrogens is 2. The summed E-state index contributed by atoms with van der Waals surface area (Å²) in [5, 5.41) is 0. The minimum absolute atomic E-state index is 0.0169. The maximum atomic E-state index is 13.9. The molecule has 1 unspecified atom stereocenters. The second-order valence-electron chi connectivity index (χ2n) is 5.13. The average molecular weight is 348 g/mol. The first-order valence-corrected chi connectivity index (χ1v) is 7.46. The number of nitrogens with zero attached hydrogens (tertiary/aromatic N) is 2. The molecule has 1 heterocycles. The highest BCUT2D eigenvalue weighted by molar-refractivity contribution is 9.10. The zero-order valence-corrected chi connectivity index (χ0v) is 13.4. The summed E-state index contributed by atoms with van der Waals surface area (Å²) in [7, 11) is 0. The second kappa shape index (κ2) is 5.15. The normalized spacial score (nSPS) is 12.8. The predicted molar refractivity (Wildman–Crippen MR) is 86.8 cm³/mol. The zero-order valence-electron chi connectivity index (χ0n) is 11.8. The van der Waals surface area contributed by atoms with Crippen LogP contribution in [0.5, 0.6) is 0 Å². The summed E-state index contributed by atoms with van der Waals surface area (Å²) >= 11 is 3.18. The molecule has 0 amide bonds. The van der Waals surface area contributed by atoms with E-state index >= 15 is 0 Å². The summed E-state index contributed by atoms with van der Waals surface area (Å²) in [5.41, 5.74) is 9.75. The second-order valence-corrected chi connectivity index (χ2v) is 5.98. The molecule has 0 aliphatic rings. The van der Waals surface area contributed by atoms with Gasteiger partial charge < -0.3 is 10.3 Å². The number of anilines is 1. The van der Waals surface area contributed by atoms with Crippen LogP contribution < -0.4 is 5.73 Å². The number of halogens is 2. The van der Waals surface area contributed by atoms with Gasteiger partial charge in [0.25, 0.3) is 0 Å². The maximum absolute atomic E-state index is 13.9. The molecule has 0 aliphatic carbocycles. The fraction of sp³-hybridized carbons (Fsp3) is 0.188. The molecule has 2 aromatic carbocycles. The van der Waals surface area contributed by atoms with Crippen LogP contribution in [0.1, 0.15) is 24.1 Å². The van der Waals surface area contributed by atoms with Crippen LogP contribution >= 0.6 is 15.9 Å². The van der Waals surface area contributed by atoms with Crippen molar-refractivity contribution in [3.8, 4) is 0 Å². The minimum atomic E-state index is -0.319. The van der Waals surface area contributed by atoms with E-state index in [1.165, 1.54) is 11.6 Å². The van der Waals surface area contributed by atoms with Crippen LogP contribution in [0.15, 0.2) is 40.9 Å². The van der Waals surface area contributed by atoms with E-state index in [1.807, 2.05) is 23.6 Å². The molecule has 0 fully saturated rings. The molecule has 3 rings (SSSR count). The van der Waals surface area contributed by atoms with E-state index < -0.39 is 0 Å². The molecular formula is C16H15BrFN3. The van der Waals surface area contributed by atoms with Gasteiger partial charge in [0, 0.05) is 6.07 Å². The van der Waals surface area contributed by atoms with Crippen molar-refractivity contribution >= 4 is 32.9 Å². The van der Waals surface area contributed by atoms with Gasteiger partial charge in [-0.15, -0.1) is 0 Å². The van der Waals surface area contributed by atoms with Gasteiger partial charge in [-0.2, -0.15) is 0 Å². The Morgan fingerprint density at radius 2 is 2.00 bits per heavy atom. The van der Waals surface area contributed by atoms with Crippen molar-refractivity contribution in [1.82, 2.24) is 9.55 Å². The Labute approximate surface area is 130 Å². The Morgan fingerprint density at radius 3 is 2.71 bits per heavy atom. The molecule has 0 spiro atoms. The van der Waals surface area contributed by atoms with Gasteiger partial charge in [-0.25, -0.2) is 9.37 Å². The fourth-order valence-corrected chi connectivity index (χ4v) is 3.04. The van der Waals surface area contributed by atoms with Crippen molar-refractivity contribution in [3.05, 3.63) is 57.8 Å². The standard InChI is InChI=1S/C16H15BrFN3/c1-9-5-3-4-6-11(9)10(2)21-15-8-13(18)12(17)7-14(15)20-16(21)19/h3-8,10H,1-2H3,(H2,19,20). The number of rotatable bonds is 2. The first-order chi connectivity index (χ1) is 9.99. The Balaban J connectivity index is 2.22. The third-order valence-corrected chi connectivity index (χ3v) is 4.39.